The number of piperidine rings is 1. The highest BCUT2D eigenvalue weighted by atomic mass is 16.2. The van der Waals surface area contributed by atoms with Crippen LogP contribution in [-0.2, 0) is 0 Å². The van der Waals surface area contributed by atoms with Gasteiger partial charge in [-0.05, 0) is 49.4 Å². The first-order valence-corrected chi connectivity index (χ1v) is 6.48. The lowest BCUT2D eigenvalue weighted by atomic mass is 9.99. The molecule has 1 atom stereocenters. The summed E-state index contributed by atoms with van der Waals surface area (Å²) < 4.78 is 0. The molecule has 1 aromatic carbocycles. The largest absolute Gasteiger partial charge is 0.338 e. The second-order valence-corrected chi connectivity index (χ2v) is 5.17. The summed E-state index contributed by atoms with van der Waals surface area (Å²) in [6.45, 7) is 5.89. The number of likely N-dealkylation sites (tertiary alicyclic amines) is 1. The van der Waals surface area contributed by atoms with Gasteiger partial charge >= 0.3 is 0 Å². The van der Waals surface area contributed by atoms with Gasteiger partial charge in [0.2, 0.25) is 0 Å². The quantitative estimate of drug-likeness (QED) is 0.622. The van der Waals surface area contributed by atoms with Gasteiger partial charge in [0, 0.05) is 18.7 Å². The Labute approximate surface area is 108 Å². The Morgan fingerprint density at radius 1 is 1.50 bits per heavy atom. The molecule has 1 heterocycles. The third kappa shape index (κ3) is 2.64. The predicted octanol–water partition coefficient (Wildman–Crippen LogP) is 2.15. The monoisotopic (exact) mass is 247 g/mol. The molecule has 0 spiro atoms. The minimum absolute atomic E-state index is 0.133. The summed E-state index contributed by atoms with van der Waals surface area (Å²) in [5, 5.41) is 0. The number of nitrogens with one attached hydrogen (secondary N) is 1. The van der Waals surface area contributed by atoms with Crippen LogP contribution in [0.2, 0.25) is 0 Å². The molecule has 4 heteroatoms. The number of amides is 1. The first-order valence-electron chi connectivity index (χ1n) is 6.48. The molecule has 98 valence electrons. The maximum absolute atomic E-state index is 12.4. The highest BCUT2D eigenvalue weighted by molar-refractivity contribution is 5.95. The molecule has 0 radical (unpaired) electrons. The fraction of sp³-hybridized carbons (Fsp3) is 0.500. The molecule has 2 rings (SSSR count). The lowest BCUT2D eigenvalue weighted by molar-refractivity contribution is 0.0683. The third-order valence-electron chi connectivity index (χ3n) is 3.57. The smallest absolute Gasteiger partial charge is 0.253 e. The van der Waals surface area contributed by atoms with Gasteiger partial charge in [-0.3, -0.25) is 10.6 Å². The molecule has 1 amide bonds. The Kier molecular flexibility index (Phi) is 3.87. The van der Waals surface area contributed by atoms with Gasteiger partial charge in [0.1, 0.15) is 0 Å². The summed E-state index contributed by atoms with van der Waals surface area (Å²) in [5.74, 6) is 6.13. The van der Waals surface area contributed by atoms with E-state index < -0.39 is 0 Å². The number of hydrogen-bond acceptors (Lipinski definition) is 3. The van der Waals surface area contributed by atoms with Crippen LogP contribution < -0.4 is 11.3 Å². The van der Waals surface area contributed by atoms with Crippen LogP contribution in [0.25, 0.3) is 0 Å². The van der Waals surface area contributed by atoms with E-state index in [1.807, 2.05) is 30.0 Å². The van der Waals surface area contributed by atoms with Crippen molar-refractivity contribution in [2.24, 2.45) is 11.8 Å². The molecule has 3 N–H and O–H groups in total. The number of rotatable bonds is 2. The van der Waals surface area contributed by atoms with Gasteiger partial charge in [0.05, 0.1) is 5.69 Å². The van der Waals surface area contributed by atoms with Gasteiger partial charge in [-0.2, -0.15) is 0 Å². The van der Waals surface area contributed by atoms with Gasteiger partial charge < -0.3 is 10.3 Å². The normalized spacial score (nSPS) is 19.7. The number of nitrogens with zero attached hydrogens (tertiary/aromatic N) is 1. The summed E-state index contributed by atoms with van der Waals surface area (Å²) in [7, 11) is 0. The molecule has 1 aliphatic rings. The van der Waals surface area contributed by atoms with Gasteiger partial charge in [-0.25, -0.2) is 0 Å². The molecule has 1 fully saturated rings. The van der Waals surface area contributed by atoms with E-state index in [0.717, 1.165) is 36.3 Å². The highest BCUT2D eigenvalue weighted by Gasteiger charge is 2.22. The number of benzene rings is 1. The summed E-state index contributed by atoms with van der Waals surface area (Å²) in [5.41, 5.74) is 5.23. The second-order valence-electron chi connectivity index (χ2n) is 5.17. The SMILES string of the molecule is Cc1cc(C(=O)N2CCCC(C)C2)ccc1NN. The van der Waals surface area contributed by atoms with Gasteiger partial charge in [-0.1, -0.05) is 6.92 Å². The van der Waals surface area contributed by atoms with Crippen molar-refractivity contribution in [2.75, 3.05) is 18.5 Å². The van der Waals surface area contributed by atoms with Crippen molar-refractivity contribution in [1.29, 1.82) is 0 Å². The molecule has 1 unspecified atom stereocenters. The zero-order valence-corrected chi connectivity index (χ0v) is 11.1. The van der Waals surface area contributed by atoms with E-state index in [1.165, 1.54) is 6.42 Å². The fourth-order valence-electron chi connectivity index (χ4n) is 2.52. The molecule has 1 saturated heterocycles. The highest BCUT2D eigenvalue weighted by Crippen LogP contribution is 2.20. The van der Waals surface area contributed by atoms with Gasteiger partial charge in [-0.15, -0.1) is 0 Å². The van der Waals surface area contributed by atoms with E-state index in [9.17, 15) is 4.79 Å². The maximum Gasteiger partial charge on any atom is 0.253 e. The average molecular weight is 247 g/mol. The number of anilines is 1. The second kappa shape index (κ2) is 5.40. The van der Waals surface area contributed by atoms with Crippen LogP contribution in [0.5, 0.6) is 0 Å². The summed E-state index contributed by atoms with van der Waals surface area (Å²) in [6.07, 6.45) is 2.33. The van der Waals surface area contributed by atoms with Crippen molar-refractivity contribution in [2.45, 2.75) is 26.7 Å². The molecule has 1 aromatic rings. The van der Waals surface area contributed by atoms with Crippen molar-refractivity contribution in [3.8, 4) is 0 Å². The van der Waals surface area contributed by atoms with Crippen LogP contribution in [0.4, 0.5) is 5.69 Å². The summed E-state index contributed by atoms with van der Waals surface area (Å²) in [6, 6.07) is 5.59. The van der Waals surface area contributed by atoms with E-state index in [2.05, 4.69) is 12.3 Å². The Hall–Kier alpha value is -1.55. The number of hydrazine groups is 1. The van der Waals surface area contributed by atoms with Crippen molar-refractivity contribution < 1.29 is 4.79 Å². The Balaban J connectivity index is 2.15. The number of nitrogen functional groups attached to an aromatic ring is 1. The molecular formula is C14H21N3O. The van der Waals surface area contributed by atoms with Gasteiger partial charge in [0.25, 0.3) is 5.91 Å². The zero-order chi connectivity index (χ0) is 13.1. The third-order valence-corrected chi connectivity index (χ3v) is 3.57. The van der Waals surface area contributed by atoms with Gasteiger partial charge in [0.15, 0.2) is 0 Å². The van der Waals surface area contributed by atoms with E-state index in [1.54, 1.807) is 0 Å². The molecule has 0 aliphatic carbocycles. The van der Waals surface area contributed by atoms with Crippen LogP contribution >= 0.6 is 0 Å². The van der Waals surface area contributed by atoms with Crippen molar-refractivity contribution in [1.82, 2.24) is 4.90 Å². The van der Waals surface area contributed by atoms with E-state index in [0.29, 0.717) is 5.92 Å². The molecule has 0 bridgehead atoms. The van der Waals surface area contributed by atoms with Crippen LogP contribution in [0.1, 0.15) is 35.7 Å². The predicted molar refractivity (Wildman–Crippen MR) is 73.3 cm³/mol. The summed E-state index contributed by atoms with van der Waals surface area (Å²) >= 11 is 0. The molecule has 4 nitrogen and oxygen atoms in total. The van der Waals surface area contributed by atoms with Crippen LogP contribution in [0.15, 0.2) is 18.2 Å². The number of aryl methyl sites for hydroxylation is 1. The Morgan fingerprint density at radius 3 is 2.89 bits per heavy atom. The summed E-state index contributed by atoms with van der Waals surface area (Å²) in [4.78, 5) is 14.3. The maximum atomic E-state index is 12.4. The average Bonchev–Trinajstić information content (AvgIpc) is 2.37. The molecule has 18 heavy (non-hydrogen) atoms. The first-order chi connectivity index (χ1) is 8.61. The molecule has 0 aromatic heterocycles. The Morgan fingerprint density at radius 2 is 2.28 bits per heavy atom. The van der Waals surface area contributed by atoms with E-state index in [4.69, 9.17) is 5.84 Å². The van der Waals surface area contributed by atoms with Crippen LogP contribution in [0.3, 0.4) is 0 Å². The number of carbonyl (C=O) groups is 1. The van der Waals surface area contributed by atoms with Crippen molar-refractivity contribution in [3.05, 3.63) is 29.3 Å². The van der Waals surface area contributed by atoms with Crippen LogP contribution in [0, 0.1) is 12.8 Å². The minimum Gasteiger partial charge on any atom is -0.338 e. The fourth-order valence-corrected chi connectivity index (χ4v) is 2.52. The Bertz CT molecular complexity index is 445. The lowest BCUT2D eigenvalue weighted by Gasteiger charge is -2.31. The lowest BCUT2D eigenvalue weighted by Crippen LogP contribution is -2.39. The molecule has 0 saturated carbocycles. The molecular weight excluding hydrogens is 226 g/mol. The topological polar surface area (TPSA) is 58.4 Å². The first kappa shape index (κ1) is 12.9. The minimum atomic E-state index is 0.133. The van der Waals surface area contributed by atoms with Crippen molar-refractivity contribution in [3.63, 3.8) is 0 Å². The van der Waals surface area contributed by atoms with E-state index in [-0.39, 0.29) is 5.91 Å². The van der Waals surface area contributed by atoms with Crippen molar-refractivity contribution >= 4 is 11.6 Å². The number of carbonyl (C=O) groups excluding carboxylic acids is 1. The van der Waals surface area contributed by atoms with E-state index >= 15 is 0 Å². The number of hydrogen-bond donors (Lipinski definition) is 2. The standard InChI is InChI=1S/C14H21N3O/c1-10-4-3-7-17(9-10)14(18)12-5-6-13(16-15)11(2)8-12/h5-6,8,10,16H,3-4,7,9,15H2,1-2H3. The van der Waals surface area contributed by atoms with Crippen LogP contribution in [-0.4, -0.2) is 23.9 Å². The molecule has 1 aliphatic heterocycles. The number of nitrogens with two attached hydrogens (primary N) is 1. The zero-order valence-electron chi connectivity index (χ0n) is 11.1.